The zero-order valence-electron chi connectivity index (χ0n) is 14.3. The Kier molecular flexibility index (Phi) is 6.00. The summed E-state index contributed by atoms with van der Waals surface area (Å²) in [5.74, 6) is -0.443. The molecule has 0 saturated heterocycles. The highest BCUT2D eigenvalue weighted by atomic mass is 16.5. The highest BCUT2D eigenvalue weighted by molar-refractivity contribution is 5.96. The molecule has 0 aliphatic rings. The van der Waals surface area contributed by atoms with Crippen molar-refractivity contribution in [2.24, 2.45) is 0 Å². The molecule has 0 unspecified atom stereocenters. The van der Waals surface area contributed by atoms with E-state index in [1.54, 1.807) is 25.0 Å². The lowest BCUT2D eigenvalue weighted by molar-refractivity contribution is 0.0691. The molecule has 6 nitrogen and oxygen atoms in total. The fourth-order valence-electron chi connectivity index (χ4n) is 2.46. The van der Waals surface area contributed by atoms with Gasteiger partial charge in [0.15, 0.2) is 5.76 Å². The van der Waals surface area contributed by atoms with E-state index in [9.17, 15) is 14.7 Å². The van der Waals surface area contributed by atoms with E-state index in [-0.39, 0.29) is 17.2 Å². The average molecular weight is 343 g/mol. The molecule has 1 heterocycles. The number of carboxylic acid groups (broad SMARTS) is 1. The summed E-state index contributed by atoms with van der Waals surface area (Å²) in [5.41, 5.74) is 0.936. The molecular weight excluding hydrogens is 322 g/mol. The first-order valence-corrected chi connectivity index (χ1v) is 7.89. The molecule has 0 radical (unpaired) electrons. The van der Waals surface area contributed by atoms with Gasteiger partial charge >= 0.3 is 5.97 Å². The van der Waals surface area contributed by atoms with Crippen LogP contribution in [0.1, 0.15) is 39.2 Å². The molecule has 1 aromatic carbocycles. The molecular formula is C19H21NO5. The number of rotatable bonds is 8. The van der Waals surface area contributed by atoms with E-state index in [4.69, 9.17) is 9.15 Å². The second-order valence-electron chi connectivity index (χ2n) is 5.43. The fourth-order valence-corrected chi connectivity index (χ4v) is 2.46. The van der Waals surface area contributed by atoms with Crippen molar-refractivity contribution in [1.29, 1.82) is 0 Å². The van der Waals surface area contributed by atoms with Gasteiger partial charge in [0.1, 0.15) is 17.1 Å². The molecule has 1 aromatic heterocycles. The van der Waals surface area contributed by atoms with Gasteiger partial charge in [-0.05, 0) is 17.7 Å². The van der Waals surface area contributed by atoms with Gasteiger partial charge in [0.25, 0.3) is 5.91 Å². The number of carbonyl (C=O) groups excluding carboxylic acids is 1. The number of aromatic carboxylic acids is 1. The second kappa shape index (κ2) is 8.19. The number of methoxy groups -OCH3 is 1. The molecule has 2 aromatic rings. The molecule has 0 atom stereocenters. The fraction of sp³-hybridized carbons (Fsp3) is 0.263. The van der Waals surface area contributed by atoms with E-state index in [1.807, 2.05) is 24.3 Å². The third kappa shape index (κ3) is 4.29. The second-order valence-corrected chi connectivity index (χ2v) is 5.43. The van der Waals surface area contributed by atoms with Crippen LogP contribution >= 0.6 is 0 Å². The lowest BCUT2D eigenvalue weighted by atomic mass is 10.2. The Morgan fingerprint density at radius 1 is 1.32 bits per heavy atom. The normalized spacial score (nSPS) is 10.3. The van der Waals surface area contributed by atoms with Crippen molar-refractivity contribution in [3.8, 4) is 5.75 Å². The Morgan fingerprint density at radius 3 is 2.48 bits per heavy atom. The van der Waals surface area contributed by atoms with Crippen LogP contribution in [-0.4, -0.2) is 35.5 Å². The Bertz CT molecular complexity index is 761. The van der Waals surface area contributed by atoms with Crippen molar-refractivity contribution in [1.82, 2.24) is 4.90 Å². The number of furan rings is 1. The average Bonchev–Trinajstić information content (AvgIpc) is 3.06. The summed E-state index contributed by atoms with van der Waals surface area (Å²) in [6.45, 7) is 6.11. The molecule has 132 valence electrons. The zero-order valence-corrected chi connectivity index (χ0v) is 14.3. The van der Waals surface area contributed by atoms with Crippen molar-refractivity contribution < 1.29 is 23.8 Å². The lowest BCUT2D eigenvalue weighted by Crippen LogP contribution is -2.30. The van der Waals surface area contributed by atoms with Crippen LogP contribution in [0.2, 0.25) is 0 Å². The van der Waals surface area contributed by atoms with E-state index in [2.05, 4.69) is 6.58 Å². The van der Waals surface area contributed by atoms with Crippen molar-refractivity contribution in [2.75, 3.05) is 13.7 Å². The number of carboxylic acids is 1. The summed E-state index contributed by atoms with van der Waals surface area (Å²) >= 11 is 0. The number of amides is 1. The van der Waals surface area contributed by atoms with Crippen LogP contribution in [0, 0.1) is 0 Å². The number of nitrogens with zero attached hydrogens (tertiary/aromatic N) is 1. The van der Waals surface area contributed by atoms with E-state index in [0.717, 1.165) is 11.3 Å². The molecule has 0 aliphatic carbocycles. The molecule has 6 heteroatoms. The predicted molar refractivity (Wildman–Crippen MR) is 93.0 cm³/mol. The minimum absolute atomic E-state index is 0.0182. The molecule has 25 heavy (non-hydrogen) atoms. The first-order valence-electron chi connectivity index (χ1n) is 7.89. The summed E-state index contributed by atoms with van der Waals surface area (Å²) in [7, 11) is 1.59. The van der Waals surface area contributed by atoms with Gasteiger partial charge in [0.05, 0.1) is 7.11 Å². The predicted octanol–water partition coefficient (Wildman–Crippen LogP) is 3.38. The molecule has 1 amide bonds. The maximum atomic E-state index is 12.7. The number of ether oxygens (including phenoxy) is 1. The standard InChI is InChI=1S/C19H21NO5/c1-4-10-20(12-13-6-8-14(24-3)9-7-13)18(21)17-11-15(19(22)23)16(5-2)25-17/h4,6-9,11H,1,5,10,12H2,2-3H3,(H,22,23). The van der Waals surface area contributed by atoms with Crippen LogP contribution in [0.15, 0.2) is 47.4 Å². The van der Waals surface area contributed by atoms with Gasteiger partial charge in [-0.3, -0.25) is 4.79 Å². The summed E-state index contributed by atoms with van der Waals surface area (Å²) in [4.78, 5) is 25.5. The number of benzene rings is 1. The van der Waals surface area contributed by atoms with Gasteiger partial charge < -0.3 is 19.2 Å². The highest BCUT2D eigenvalue weighted by Crippen LogP contribution is 2.20. The number of aryl methyl sites for hydroxylation is 1. The monoisotopic (exact) mass is 343 g/mol. The van der Waals surface area contributed by atoms with Crippen LogP contribution in [0.3, 0.4) is 0 Å². The smallest absolute Gasteiger partial charge is 0.339 e. The molecule has 0 bridgehead atoms. The van der Waals surface area contributed by atoms with Gasteiger partial charge in [-0.2, -0.15) is 0 Å². The van der Waals surface area contributed by atoms with E-state index in [1.165, 1.54) is 6.07 Å². The highest BCUT2D eigenvalue weighted by Gasteiger charge is 2.23. The molecule has 0 spiro atoms. The third-order valence-corrected chi connectivity index (χ3v) is 3.74. The van der Waals surface area contributed by atoms with Gasteiger partial charge in [-0.15, -0.1) is 6.58 Å². The van der Waals surface area contributed by atoms with Crippen molar-refractivity contribution in [2.45, 2.75) is 19.9 Å². The Labute approximate surface area is 146 Å². The van der Waals surface area contributed by atoms with Crippen LogP contribution in [-0.2, 0) is 13.0 Å². The first kappa shape index (κ1) is 18.3. The molecule has 2 rings (SSSR count). The Morgan fingerprint density at radius 2 is 2.00 bits per heavy atom. The first-order chi connectivity index (χ1) is 12.0. The maximum Gasteiger partial charge on any atom is 0.339 e. The topological polar surface area (TPSA) is 80.0 Å². The number of hydrogen-bond acceptors (Lipinski definition) is 4. The van der Waals surface area contributed by atoms with Crippen LogP contribution in [0.5, 0.6) is 5.75 Å². The van der Waals surface area contributed by atoms with Gasteiger partial charge in [0.2, 0.25) is 0 Å². The van der Waals surface area contributed by atoms with E-state index >= 15 is 0 Å². The molecule has 0 aliphatic heterocycles. The quantitative estimate of drug-likeness (QED) is 0.743. The SMILES string of the molecule is C=CCN(Cc1ccc(OC)cc1)C(=O)c1cc(C(=O)O)c(CC)o1. The van der Waals surface area contributed by atoms with Gasteiger partial charge in [-0.25, -0.2) is 4.79 Å². The minimum Gasteiger partial charge on any atom is -0.497 e. The van der Waals surface area contributed by atoms with Crippen LogP contribution in [0.25, 0.3) is 0 Å². The lowest BCUT2D eigenvalue weighted by Gasteiger charge is -2.20. The molecule has 0 fully saturated rings. The van der Waals surface area contributed by atoms with E-state index in [0.29, 0.717) is 25.3 Å². The summed E-state index contributed by atoms with van der Waals surface area (Å²) < 4.78 is 10.6. The van der Waals surface area contributed by atoms with Gasteiger partial charge in [0, 0.05) is 25.6 Å². The third-order valence-electron chi connectivity index (χ3n) is 3.74. The van der Waals surface area contributed by atoms with Gasteiger partial charge in [-0.1, -0.05) is 25.1 Å². The number of carbonyl (C=O) groups is 2. The largest absolute Gasteiger partial charge is 0.497 e. The number of hydrogen-bond donors (Lipinski definition) is 1. The van der Waals surface area contributed by atoms with Crippen LogP contribution in [0.4, 0.5) is 0 Å². The van der Waals surface area contributed by atoms with E-state index < -0.39 is 5.97 Å². The Hall–Kier alpha value is -3.02. The Balaban J connectivity index is 2.24. The van der Waals surface area contributed by atoms with Crippen molar-refractivity contribution >= 4 is 11.9 Å². The zero-order chi connectivity index (χ0) is 18.4. The molecule has 0 saturated carbocycles. The minimum atomic E-state index is -1.11. The van der Waals surface area contributed by atoms with Crippen molar-refractivity contribution in [3.63, 3.8) is 0 Å². The summed E-state index contributed by atoms with van der Waals surface area (Å²) in [5, 5.41) is 9.21. The maximum absolute atomic E-state index is 12.7. The van der Waals surface area contributed by atoms with Crippen LogP contribution < -0.4 is 4.74 Å². The summed E-state index contributed by atoms with van der Waals surface area (Å²) in [6, 6.07) is 8.65. The van der Waals surface area contributed by atoms with Crippen molar-refractivity contribution in [3.05, 3.63) is 65.6 Å². The summed E-state index contributed by atoms with van der Waals surface area (Å²) in [6.07, 6.45) is 2.01. The molecule has 1 N–H and O–H groups in total.